The second-order valence-corrected chi connectivity index (χ2v) is 5.65. The lowest BCUT2D eigenvalue weighted by Gasteiger charge is -2.29. The summed E-state index contributed by atoms with van der Waals surface area (Å²) >= 11 is 1.71. The van der Waals surface area contributed by atoms with Crippen LogP contribution < -0.4 is 5.32 Å². The largest absolute Gasteiger partial charge is 0.378 e. The van der Waals surface area contributed by atoms with Crippen LogP contribution in [0.2, 0.25) is 0 Å². The lowest BCUT2D eigenvalue weighted by molar-refractivity contribution is -0.0508. The molecule has 0 radical (unpaired) electrons. The molecule has 0 aromatic carbocycles. The zero-order chi connectivity index (χ0) is 13.7. The zero-order valence-electron chi connectivity index (χ0n) is 12.1. The molecule has 1 saturated heterocycles. The van der Waals surface area contributed by atoms with Crippen molar-refractivity contribution in [2.45, 2.75) is 45.3 Å². The molecule has 2 heterocycles. The summed E-state index contributed by atoms with van der Waals surface area (Å²) < 4.78 is 11.5. The highest BCUT2D eigenvalue weighted by molar-refractivity contribution is 7.09. The molecular formula is C14H24N2O2S. The first-order valence-corrected chi connectivity index (χ1v) is 8.04. The Morgan fingerprint density at radius 2 is 2.26 bits per heavy atom. The Bertz CT molecular complexity index is 385. The second-order valence-electron chi connectivity index (χ2n) is 4.79. The first kappa shape index (κ1) is 14.9. The van der Waals surface area contributed by atoms with Crippen molar-refractivity contribution in [3.8, 4) is 0 Å². The summed E-state index contributed by atoms with van der Waals surface area (Å²) in [5, 5.41) is 6.69. The Balaban J connectivity index is 2.17. The summed E-state index contributed by atoms with van der Waals surface area (Å²) in [6.07, 6.45) is 1.91. The highest BCUT2D eigenvalue weighted by Crippen LogP contribution is 2.36. The minimum Gasteiger partial charge on any atom is -0.378 e. The molecule has 1 atom stereocenters. The van der Waals surface area contributed by atoms with Gasteiger partial charge in [-0.3, -0.25) is 0 Å². The molecule has 1 aliphatic heterocycles. The average Bonchev–Trinajstić information content (AvgIpc) is 2.96. The van der Waals surface area contributed by atoms with E-state index < -0.39 is 0 Å². The van der Waals surface area contributed by atoms with Gasteiger partial charge in [0.1, 0.15) is 10.6 Å². The van der Waals surface area contributed by atoms with Crippen molar-refractivity contribution in [1.82, 2.24) is 10.3 Å². The standard InChI is InChI=1S/C14H24N2O2S/c1-4-14(5-2,18-6-3)13-16-12(10-19-13)11-9-17-8-7-15-11/h10-11,15H,4-9H2,1-3H3. The Hall–Kier alpha value is -0.490. The molecule has 108 valence electrons. The van der Waals surface area contributed by atoms with Crippen molar-refractivity contribution in [1.29, 1.82) is 0 Å². The van der Waals surface area contributed by atoms with E-state index in [9.17, 15) is 0 Å². The van der Waals surface area contributed by atoms with E-state index in [1.807, 2.05) is 6.92 Å². The van der Waals surface area contributed by atoms with E-state index in [1.165, 1.54) is 0 Å². The van der Waals surface area contributed by atoms with E-state index >= 15 is 0 Å². The topological polar surface area (TPSA) is 43.4 Å². The number of aromatic nitrogens is 1. The van der Waals surface area contributed by atoms with Gasteiger partial charge in [0, 0.05) is 18.5 Å². The Labute approximate surface area is 119 Å². The summed E-state index contributed by atoms with van der Waals surface area (Å²) in [4.78, 5) is 4.82. The van der Waals surface area contributed by atoms with E-state index in [-0.39, 0.29) is 11.6 Å². The molecule has 0 amide bonds. The summed E-state index contributed by atoms with van der Waals surface area (Å²) in [6, 6.07) is 0.229. The second kappa shape index (κ2) is 6.79. The van der Waals surface area contributed by atoms with Crippen LogP contribution in [0.5, 0.6) is 0 Å². The molecule has 0 aliphatic carbocycles. The van der Waals surface area contributed by atoms with Crippen LogP contribution in [-0.4, -0.2) is 31.3 Å². The monoisotopic (exact) mass is 284 g/mol. The zero-order valence-corrected chi connectivity index (χ0v) is 12.9. The fourth-order valence-corrected chi connectivity index (χ4v) is 3.68. The summed E-state index contributed by atoms with van der Waals surface area (Å²) in [6.45, 7) is 9.51. The first-order chi connectivity index (χ1) is 9.25. The fraction of sp³-hybridized carbons (Fsp3) is 0.786. The third kappa shape index (κ3) is 3.16. The molecule has 2 rings (SSSR count). The first-order valence-electron chi connectivity index (χ1n) is 7.16. The molecular weight excluding hydrogens is 260 g/mol. The predicted octanol–water partition coefficient (Wildman–Crippen LogP) is 2.86. The van der Waals surface area contributed by atoms with Crippen LogP contribution in [0.3, 0.4) is 0 Å². The van der Waals surface area contributed by atoms with Crippen molar-refractivity contribution >= 4 is 11.3 Å². The van der Waals surface area contributed by atoms with E-state index in [1.54, 1.807) is 11.3 Å². The number of rotatable bonds is 6. The molecule has 1 aromatic heterocycles. The number of morpholine rings is 1. The third-order valence-electron chi connectivity index (χ3n) is 3.75. The average molecular weight is 284 g/mol. The van der Waals surface area contributed by atoms with Gasteiger partial charge in [-0.25, -0.2) is 4.98 Å². The van der Waals surface area contributed by atoms with Crippen LogP contribution in [0.25, 0.3) is 0 Å². The van der Waals surface area contributed by atoms with Crippen molar-refractivity contribution in [2.75, 3.05) is 26.4 Å². The summed E-state index contributed by atoms with van der Waals surface area (Å²) in [7, 11) is 0. The van der Waals surface area contributed by atoms with Gasteiger partial charge in [-0.15, -0.1) is 11.3 Å². The Kier molecular flexibility index (Phi) is 5.33. The van der Waals surface area contributed by atoms with Crippen LogP contribution in [0.4, 0.5) is 0 Å². The minimum atomic E-state index is -0.215. The normalized spacial score (nSPS) is 20.7. The molecule has 19 heavy (non-hydrogen) atoms. The van der Waals surface area contributed by atoms with Gasteiger partial charge in [0.15, 0.2) is 0 Å². The van der Waals surface area contributed by atoms with E-state index in [0.29, 0.717) is 6.61 Å². The van der Waals surface area contributed by atoms with Gasteiger partial charge in [-0.05, 0) is 19.8 Å². The Morgan fingerprint density at radius 3 is 2.84 bits per heavy atom. The number of ether oxygens (including phenoxy) is 2. The molecule has 1 aliphatic rings. The van der Waals surface area contributed by atoms with Crippen molar-refractivity contribution < 1.29 is 9.47 Å². The summed E-state index contributed by atoms with van der Waals surface area (Å²) in [5.41, 5.74) is 0.874. The van der Waals surface area contributed by atoms with E-state index in [2.05, 4.69) is 24.5 Å². The van der Waals surface area contributed by atoms with Crippen molar-refractivity contribution in [3.05, 3.63) is 16.1 Å². The van der Waals surface area contributed by atoms with Crippen LogP contribution in [0.1, 0.15) is 50.4 Å². The van der Waals surface area contributed by atoms with Gasteiger partial charge >= 0.3 is 0 Å². The molecule has 0 spiro atoms. The molecule has 4 nitrogen and oxygen atoms in total. The number of hydrogen-bond donors (Lipinski definition) is 1. The highest BCUT2D eigenvalue weighted by atomic mass is 32.1. The van der Waals surface area contributed by atoms with Crippen LogP contribution in [0.15, 0.2) is 5.38 Å². The van der Waals surface area contributed by atoms with Gasteiger partial charge in [-0.1, -0.05) is 13.8 Å². The predicted molar refractivity (Wildman–Crippen MR) is 77.6 cm³/mol. The third-order valence-corrected chi connectivity index (χ3v) is 4.80. The van der Waals surface area contributed by atoms with Crippen LogP contribution in [-0.2, 0) is 15.1 Å². The summed E-state index contributed by atoms with van der Waals surface area (Å²) in [5.74, 6) is 0. The van der Waals surface area contributed by atoms with Gasteiger partial charge in [0.2, 0.25) is 0 Å². The van der Waals surface area contributed by atoms with Gasteiger partial charge in [0.25, 0.3) is 0 Å². The molecule has 1 aromatic rings. The highest BCUT2D eigenvalue weighted by Gasteiger charge is 2.33. The maximum absolute atomic E-state index is 6.01. The van der Waals surface area contributed by atoms with Crippen molar-refractivity contribution in [3.63, 3.8) is 0 Å². The maximum Gasteiger partial charge on any atom is 0.125 e. The van der Waals surface area contributed by atoms with Gasteiger partial charge in [-0.2, -0.15) is 0 Å². The molecule has 5 heteroatoms. The molecule has 1 unspecified atom stereocenters. The van der Waals surface area contributed by atoms with Gasteiger partial charge < -0.3 is 14.8 Å². The molecule has 1 N–H and O–H groups in total. The molecule has 0 saturated carbocycles. The van der Waals surface area contributed by atoms with Crippen LogP contribution in [0, 0.1) is 0 Å². The molecule has 0 bridgehead atoms. The maximum atomic E-state index is 6.01. The smallest absolute Gasteiger partial charge is 0.125 e. The SMILES string of the molecule is CCOC(CC)(CC)c1nc(C2COCCN2)cs1. The van der Waals surface area contributed by atoms with Crippen LogP contribution >= 0.6 is 11.3 Å². The number of nitrogens with one attached hydrogen (secondary N) is 1. The van der Waals surface area contributed by atoms with Crippen molar-refractivity contribution in [2.24, 2.45) is 0 Å². The number of nitrogens with zero attached hydrogens (tertiary/aromatic N) is 1. The minimum absolute atomic E-state index is 0.215. The van der Waals surface area contributed by atoms with E-state index in [0.717, 1.165) is 43.3 Å². The lowest BCUT2D eigenvalue weighted by Crippen LogP contribution is -2.35. The fourth-order valence-electron chi connectivity index (χ4n) is 2.51. The van der Waals surface area contributed by atoms with Gasteiger partial charge in [0.05, 0.1) is 24.9 Å². The molecule has 1 fully saturated rings. The quantitative estimate of drug-likeness (QED) is 0.872. The number of hydrogen-bond acceptors (Lipinski definition) is 5. The van der Waals surface area contributed by atoms with E-state index in [4.69, 9.17) is 14.5 Å². The number of thiazole rings is 1. The lowest BCUT2D eigenvalue weighted by atomic mass is 9.98. The Morgan fingerprint density at radius 1 is 1.47 bits per heavy atom.